The number of rotatable bonds is 3. The number of aromatic nitrogens is 1. The lowest BCUT2D eigenvalue weighted by atomic mass is 10.2. The van der Waals surface area contributed by atoms with E-state index in [1.807, 2.05) is 0 Å². The molecule has 0 spiro atoms. The summed E-state index contributed by atoms with van der Waals surface area (Å²) >= 11 is 3.04. The quantitative estimate of drug-likeness (QED) is 0.902. The summed E-state index contributed by atoms with van der Waals surface area (Å²) in [6.07, 6.45) is -3.00. The number of hydrogen-bond donors (Lipinski definition) is 1. The van der Waals surface area contributed by atoms with Crippen LogP contribution in [0.4, 0.5) is 19.0 Å². The second kappa shape index (κ2) is 6.28. The summed E-state index contributed by atoms with van der Waals surface area (Å²) in [6.45, 7) is 3.78. The third-order valence-electron chi connectivity index (χ3n) is 3.26. The molecule has 4 nitrogen and oxygen atoms in total. The van der Waals surface area contributed by atoms with Crippen molar-refractivity contribution >= 4 is 21.7 Å². The number of alkyl halides is 3. The van der Waals surface area contributed by atoms with Gasteiger partial charge in [0.05, 0.1) is 5.56 Å². The van der Waals surface area contributed by atoms with E-state index in [4.69, 9.17) is 5.73 Å². The van der Waals surface area contributed by atoms with E-state index in [0.29, 0.717) is 37.2 Å². The number of halogens is 4. The van der Waals surface area contributed by atoms with Crippen molar-refractivity contribution in [2.45, 2.75) is 6.18 Å². The molecule has 1 aliphatic heterocycles. The monoisotopic (exact) mass is 352 g/mol. The summed E-state index contributed by atoms with van der Waals surface area (Å²) < 4.78 is 39.5. The summed E-state index contributed by atoms with van der Waals surface area (Å²) in [7, 11) is 0. The lowest BCUT2D eigenvalue weighted by Crippen LogP contribution is -2.48. The minimum Gasteiger partial charge on any atom is -0.354 e. The van der Waals surface area contributed by atoms with Crippen molar-refractivity contribution in [1.82, 2.24) is 9.88 Å². The standard InChI is InChI=1S/C12H16BrF3N4/c13-9-7-10(12(14,15)16)11(18-8-9)20-5-3-19(2-1-17)4-6-20/h7-8H,1-6,17H2. The minimum absolute atomic E-state index is 0.00750. The Balaban J connectivity index is 2.18. The van der Waals surface area contributed by atoms with Crippen molar-refractivity contribution in [2.24, 2.45) is 5.73 Å². The molecule has 0 aliphatic carbocycles. The highest BCUT2D eigenvalue weighted by atomic mass is 79.9. The number of piperazine rings is 1. The molecule has 1 fully saturated rings. The Hall–Kier alpha value is -0.860. The van der Waals surface area contributed by atoms with E-state index in [1.54, 1.807) is 4.90 Å². The fourth-order valence-corrected chi connectivity index (χ4v) is 2.59. The van der Waals surface area contributed by atoms with Crippen LogP contribution in [0.3, 0.4) is 0 Å². The molecular formula is C12H16BrF3N4. The van der Waals surface area contributed by atoms with Crippen LogP contribution in [0.5, 0.6) is 0 Å². The molecule has 20 heavy (non-hydrogen) atoms. The van der Waals surface area contributed by atoms with E-state index in [-0.39, 0.29) is 5.82 Å². The zero-order valence-corrected chi connectivity index (χ0v) is 12.4. The van der Waals surface area contributed by atoms with Gasteiger partial charge in [0.2, 0.25) is 0 Å². The summed E-state index contributed by atoms with van der Waals surface area (Å²) in [6, 6.07) is 1.08. The predicted octanol–water partition coefficient (Wildman–Crippen LogP) is 1.94. The first-order valence-electron chi connectivity index (χ1n) is 6.32. The molecule has 0 radical (unpaired) electrons. The molecule has 0 aromatic carbocycles. The fraction of sp³-hybridized carbons (Fsp3) is 0.583. The Morgan fingerprint density at radius 3 is 2.45 bits per heavy atom. The molecule has 1 saturated heterocycles. The van der Waals surface area contributed by atoms with Gasteiger partial charge in [-0.05, 0) is 22.0 Å². The number of anilines is 1. The van der Waals surface area contributed by atoms with Crippen LogP contribution in [0.1, 0.15) is 5.56 Å². The number of nitrogens with two attached hydrogens (primary N) is 1. The zero-order valence-electron chi connectivity index (χ0n) is 10.8. The molecule has 8 heteroatoms. The van der Waals surface area contributed by atoms with Gasteiger partial charge in [-0.2, -0.15) is 13.2 Å². The highest BCUT2D eigenvalue weighted by Gasteiger charge is 2.36. The maximum Gasteiger partial charge on any atom is 0.419 e. The van der Waals surface area contributed by atoms with Crippen LogP contribution in [-0.4, -0.2) is 49.2 Å². The van der Waals surface area contributed by atoms with Gasteiger partial charge in [-0.15, -0.1) is 0 Å². The van der Waals surface area contributed by atoms with Crippen molar-refractivity contribution < 1.29 is 13.2 Å². The van der Waals surface area contributed by atoms with E-state index < -0.39 is 11.7 Å². The van der Waals surface area contributed by atoms with Crippen molar-refractivity contribution in [2.75, 3.05) is 44.2 Å². The van der Waals surface area contributed by atoms with Crippen molar-refractivity contribution in [3.05, 3.63) is 22.3 Å². The molecule has 2 N–H and O–H groups in total. The van der Waals surface area contributed by atoms with Gasteiger partial charge in [0.15, 0.2) is 0 Å². The lowest BCUT2D eigenvalue weighted by Gasteiger charge is -2.36. The van der Waals surface area contributed by atoms with Crippen LogP contribution in [0, 0.1) is 0 Å². The molecule has 0 bridgehead atoms. The molecule has 2 rings (SSSR count). The van der Waals surface area contributed by atoms with E-state index in [2.05, 4.69) is 25.8 Å². The van der Waals surface area contributed by atoms with Gasteiger partial charge in [0.25, 0.3) is 0 Å². The average molecular weight is 353 g/mol. The lowest BCUT2D eigenvalue weighted by molar-refractivity contribution is -0.137. The topological polar surface area (TPSA) is 45.4 Å². The first kappa shape index (κ1) is 15.5. The first-order chi connectivity index (χ1) is 9.41. The Kier molecular flexibility index (Phi) is 4.87. The van der Waals surface area contributed by atoms with Gasteiger partial charge in [0.1, 0.15) is 5.82 Å². The highest BCUT2D eigenvalue weighted by molar-refractivity contribution is 9.10. The van der Waals surface area contributed by atoms with Crippen molar-refractivity contribution in [1.29, 1.82) is 0 Å². The number of pyridine rings is 1. The summed E-state index contributed by atoms with van der Waals surface area (Å²) in [5, 5.41) is 0. The molecule has 1 aromatic heterocycles. The molecule has 0 unspecified atom stereocenters. The third kappa shape index (κ3) is 3.62. The van der Waals surface area contributed by atoms with Crippen molar-refractivity contribution in [3.8, 4) is 0 Å². The highest BCUT2D eigenvalue weighted by Crippen LogP contribution is 2.37. The molecule has 0 amide bonds. The first-order valence-corrected chi connectivity index (χ1v) is 7.11. The van der Waals surface area contributed by atoms with Crippen LogP contribution in [0.15, 0.2) is 16.7 Å². The summed E-state index contributed by atoms with van der Waals surface area (Å²) in [5.41, 5.74) is 4.79. The van der Waals surface area contributed by atoms with Gasteiger partial charge in [0, 0.05) is 49.9 Å². The van der Waals surface area contributed by atoms with E-state index >= 15 is 0 Å². The zero-order chi connectivity index (χ0) is 14.8. The second-order valence-electron chi connectivity index (χ2n) is 4.64. The molecule has 1 aliphatic rings. The minimum atomic E-state index is -4.40. The van der Waals surface area contributed by atoms with Crippen LogP contribution < -0.4 is 10.6 Å². The van der Waals surface area contributed by atoms with Gasteiger partial charge in [-0.25, -0.2) is 4.98 Å². The van der Waals surface area contributed by atoms with Gasteiger partial charge >= 0.3 is 6.18 Å². The van der Waals surface area contributed by atoms with E-state index in [9.17, 15) is 13.2 Å². The largest absolute Gasteiger partial charge is 0.419 e. The van der Waals surface area contributed by atoms with Gasteiger partial charge in [-0.1, -0.05) is 0 Å². The smallest absolute Gasteiger partial charge is 0.354 e. The Morgan fingerprint density at radius 1 is 1.25 bits per heavy atom. The van der Waals surface area contributed by atoms with Gasteiger partial charge in [-0.3, -0.25) is 4.90 Å². The maximum absolute atomic E-state index is 13.1. The fourth-order valence-electron chi connectivity index (χ4n) is 2.26. The predicted molar refractivity (Wildman–Crippen MR) is 74.6 cm³/mol. The maximum atomic E-state index is 13.1. The van der Waals surface area contributed by atoms with Gasteiger partial charge < -0.3 is 10.6 Å². The number of hydrogen-bond acceptors (Lipinski definition) is 4. The Morgan fingerprint density at radius 2 is 1.90 bits per heavy atom. The molecule has 0 atom stereocenters. The number of nitrogens with zero attached hydrogens (tertiary/aromatic N) is 3. The average Bonchev–Trinajstić information content (AvgIpc) is 2.39. The van der Waals surface area contributed by atoms with Crippen LogP contribution >= 0.6 is 15.9 Å². The van der Waals surface area contributed by atoms with Crippen molar-refractivity contribution in [3.63, 3.8) is 0 Å². The summed E-state index contributed by atoms with van der Waals surface area (Å²) in [4.78, 5) is 7.78. The molecule has 0 saturated carbocycles. The van der Waals surface area contributed by atoms with E-state index in [1.165, 1.54) is 6.20 Å². The molecule has 1 aromatic rings. The van der Waals surface area contributed by atoms with Crippen LogP contribution in [-0.2, 0) is 6.18 Å². The summed E-state index contributed by atoms with van der Waals surface area (Å²) in [5.74, 6) is 0.00750. The molecular weight excluding hydrogens is 337 g/mol. The molecule has 112 valence electrons. The van der Waals surface area contributed by atoms with Crippen LogP contribution in [0.25, 0.3) is 0 Å². The van der Waals surface area contributed by atoms with E-state index in [0.717, 1.165) is 12.6 Å². The Bertz CT molecular complexity index is 459. The second-order valence-corrected chi connectivity index (χ2v) is 5.56. The Labute approximate surface area is 123 Å². The van der Waals surface area contributed by atoms with Crippen LogP contribution in [0.2, 0.25) is 0 Å². The third-order valence-corrected chi connectivity index (χ3v) is 3.69. The normalized spacial score (nSPS) is 17.6. The molecule has 2 heterocycles. The SMILES string of the molecule is NCCN1CCN(c2ncc(Br)cc2C(F)(F)F)CC1.